The third-order valence-electron chi connectivity index (χ3n) is 3.45. The van der Waals surface area contributed by atoms with Gasteiger partial charge in [0, 0.05) is 25.0 Å². The van der Waals surface area contributed by atoms with E-state index >= 15 is 0 Å². The monoisotopic (exact) mass is 270 g/mol. The molecular weight excluding hydrogens is 256 g/mol. The molecule has 6 nitrogen and oxygen atoms in total. The molecule has 0 amide bonds. The van der Waals surface area contributed by atoms with Gasteiger partial charge in [-0.1, -0.05) is 18.2 Å². The van der Waals surface area contributed by atoms with E-state index in [4.69, 9.17) is 10.00 Å². The Labute approximate surface area is 116 Å². The summed E-state index contributed by atoms with van der Waals surface area (Å²) in [5, 5.41) is 31.3. The van der Waals surface area contributed by atoms with Crippen LogP contribution in [0.5, 0.6) is 0 Å². The second-order valence-corrected chi connectivity index (χ2v) is 4.93. The van der Waals surface area contributed by atoms with Crippen molar-refractivity contribution in [2.45, 2.75) is 12.0 Å². The largest absolute Gasteiger partial charge is 0.386 e. The van der Waals surface area contributed by atoms with E-state index in [1.807, 2.05) is 30.3 Å². The lowest BCUT2D eigenvalue weighted by atomic mass is 10.0. The van der Waals surface area contributed by atoms with Crippen molar-refractivity contribution in [2.24, 2.45) is 0 Å². The number of aromatic nitrogens is 2. The molecule has 1 unspecified atom stereocenters. The van der Waals surface area contributed by atoms with Crippen LogP contribution in [-0.2, 0) is 4.74 Å². The Hall–Kier alpha value is -2.23. The zero-order chi connectivity index (χ0) is 14.0. The van der Waals surface area contributed by atoms with E-state index in [1.54, 1.807) is 0 Å². The fourth-order valence-electron chi connectivity index (χ4n) is 2.30. The van der Waals surface area contributed by atoms with Gasteiger partial charge in [0.25, 0.3) is 0 Å². The van der Waals surface area contributed by atoms with Crippen molar-refractivity contribution in [1.82, 2.24) is 10.2 Å². The second kappa shape index (κ2) is 5.04. The third kappa shape index (κ3) is 2.29. The molecule has 2 heterocycles. The second-order valence-electron chi connectivity index (χ2n) is 4.93. The molecule has 1 aliphatic rings. The number of nitriles is 1. The Balaban J connectivity index is 1.95. The summed E-state index contributed by atoms with van der Waals surface area (Å²) in [5.41, 5.74) is 0.658. The van der Waals surface area contributed by atoms with Gasteiger partial charge in [-0.2, -0.15) is 5.26 Å². The molecular formula is C14H14N4O2. The maximum absolute atomic E-state index is 10.3. The summed E-state index contributed by atoms with van der Waals surface area (Å²) in [6, 6.07) is 9.48. The van der Waals surface area contributed by atoms with Crippen LogP contribution in [0.1, 0.15) is 12.1 Å². The van der Waals surface area contributed by atoms with Gasteiger partial charge in [0.15, 0.2) is 5.69 Å². The summed E-state index contributed by atoms with van der Waals surface area (Å²) in [7, 11) is 0. The summed E-state index contributed by atoms with van der Waals surface area (Å²) in [4.78, 5) is 0. The highest BCUT2D eigenvalue weighted by molar-refractivity contribution is 5.92. The van der Waals surface area contributed by atoms with Gasteiger partial charge < -0.3 is 15.2 Å². The number of hydrogen-bond donors (Lipinski definition) is 2. The first kappa shape index (κ1) is 12.8. The molecule has 1 aliphatic heterocycles. The van der Waals surface area contributed by atoms with Crippen molar-refractivity contribution < 1.29 is 9.84 Å². The van der Waals surface area contributed by atoms with Crippen LogP contribution >= 0.6 is 0 Å². The number of rotatable bonds is 3. The molecule has 102 valence electrons. The van der Waals surface area contributed by atoms with Gasteiger partial charge in [0.05, 0.1) is 17.8 Å². The van der Waals surface area contributed by atoms with E-state index in [9.17, 15) is 5.11 Å². The first-order valence-electron chi connectivity index (χ1n) is 6.41. The fourth-order valence-corrected chi connectivity index (χ4v) is 2.30. The quantitative estimate of drug-likeness (QED) is 0.866. The fraction of sp³-hybridized carbons (Fsp3) is 0.357. The van der Waals surface area contributed by atoms with Crippen LogP contribution in [0.3, 0.4) is 0 Å². The highest BCUT2D eigenvalue weighted by Crippen LogP contribution is 2.26. The molecule has 20 heavy (non-hydrogen) atoms. The number of benzene rings is 1. The van der Waals surface area contributed by atoms with E-state index < -0.39 is 5.60 Å². The first-order chi connectivity index (χ1) is 9.72. The molecule has 1 atom stereocenters. The van der Waals surface area contributed by atoms with Crippen molar-refractivity contribution in [3.05, 3.63) is 30.0 Å². The van der Waals surface area contributed by atoms with E-state index in [0.717, 1.165) is 5.39 Å². The maximum atomic E-state index is 10.3. The predicted octanol–water partition coefficient (Wildman–Crippen LogP) is 1.06. The van der Waals surface area contributed by atoms with Crippen LogP contribution in [0, 0.1) is 11.3 Å². The van der Waals surface area contributed by atoms with Gasteiger partial charge in [0.2, 0.25) is 0 Å². The average molecular weight is 270 g/mol. The minimum atomic E-state index is -0.892. The van der Waals surface area contributed by atoms with Gasteiger partial charge in [-0.25, -0.2) is 0 Å². The Morgan fingerprint density at radius 1 is 1.40 bits per heavy atom. The lowest BCUT2D eigenvalue weighted by Crippen LogP contribution is -2.37. The van der Waals surface area contributed by atoms with Gasteiger partial charge in [0.1, 0.15) is 11.7 Å². The highest BCUT2D eigenvalue weighted by atomic mass is 16.5. The number of anilines is 1. The molecule has 1 aromatic heterocycles. The summed E-state index contributed by atoms with van der Waals surface area (Å²) in [6.07, 6.45) is 0.582. The van der Waals surface area contributed by atoms with Crippen LogP contribution in [0.15, 0.2) is 24.3 Å². The minimum absolute atomic E-state index is 0.228. The first-order valence-corrected chi connectivity index (χ1v) is 6.41. The number of nitrogens with one attached hydrogen (secondary N) is 1. The summed E-state index contributed by atoms with van der Waals surface area (Å²) in [6.45, 7) is 1.17. The number of nitrogens with zero attached hydrogens (tertiary/aromatic N) is 3. The van der Waals surface area contributed by atoms with Crippen LogP contribution in [-0.4, -0.2) is 40.7 Å². The lowest BCUT2D eigenvalue weighted by Gasteiger charge is -2.22. The molecule has 0 saturated carbocycles. The van der Waals surface area contributed by atoms with E-state index in [0.29, 0.717) is 37.4 Å². The molecule has 2 aromatic rings. The normalized spacial score (nSPS) is 21.8. The number of ether oxygens (including phenoxy) is 1. The van der Waals surface area contributed by atoms with Gasteiger partial charge in [-0.05, 0) is 6.07 Å². The van der Waals surface area contributed by atoms with Crippen LogP contribution < -0.4 is 5.32 Å². The standard InChI is InChI=1S/C14H14N4O2/c15-7-12-13(16-8-14(19)5-6-20-9-14)10-3-1-2-4-11(10)17-18-12/h1-4,19H,5-6,8-9H2,(H,16,17). The maximum Gasteiger partial charge on any atom is 0.186 e. The number of fused-ring (bicyclic) bond motifs is 1. The summed E-state index contributed by atoms with van der Waals surface area (Å²) < 4.78 is 5.21. The topological polar surface area (TPSA) is 91.1 Å². The highest BCUT2D eigenvalue weighted by Gasteiger charge is 2.32. The molecule has 0 radical (unpaired) electrons. The minimum Gasteiger partial charge on any atom is -0.386 e. The number of hydrogen-bond acceptors (Lipinski definition) is 6. The molecule has 0 aliphatic carbocycles. The molecule has 3 rings (SSSR count). The Morgan fingerprint density at radius 3 is 3.00 bits per heavy atom. The third-order valence-corrected chi connectivity index (χ3v) is 3.45. The predicted molar refractivity (Wildman–Crippen MR) is 73.1 cm³/mol. The van der Waals surface area contributed by atoms with Crippen LogP contribution in [0.2, 0.25) is 0 Å². The van der Waals surface area contributed by atoms with Gasteiger partial charge in [-0.3, -0.25) is 0 Å². The molecule has 2 N–H and O–H groups in total. The average Bonchev–Trinajstić information content (AvgIpc) is 2.91. The van der Waals surface area contributed by atoms with Gasteiger partial charge in [-0.15, -0.1) is 10.2 Å². The van der Waals surface area contributed by atoms with E-state index in [2.05, 4.69) is 15.5 Å². The van der Waals surface area contributed by atoms with Crippen molar-refractivity contribution in [3.8, 4) is 6.07 Å². The Kier molecular flexibility index (Phi) is 3.22. The summed E-state index contributed by atoms with van der Waals surface area (Å²) in [5.74, 6) is 0. The van der Waals surface area contributed by atoms with E-state index in [-0.39, 0.29) is 5.69 Å². The smallest absolute Gasteiger partial charge is 0.186 e. The molecule has 1 fully saturated rings. The Morgan fingerprint density at radius 2 is 2.25 bits per heavy atom. The lowest BCUT2D eigenvalue weighted by molar-refractivity contribution is 0.0382. The van der Waals surface area contributed by atoms with Crippen LogP contribution in [0.25, 0.3) is 10.9 Å². The molecule has 1 aromatic carbocycles. The molecule has 1 saturated heterocycles. The SMILES string of the molecule is N#Cc1nnc2ccccc2c1NCC1(O)CCOC1. The van der Waals surface area contributed by atoms with Gasteiger partial charge >= 0.3 is 0 Å². The van der Waals surface area contributed by atoms with Crippen molar-refractivity contribution in [3.63, 3.8) is 0 Å². The van der Waals surface area contributed by atoms with E-state index in [1.165, 1.54) is 0 Å². The molecule has 0 bridgehead atoms. The van der Waals surface area contributed by atoms with Crippen molar-refractivity contribution in [2.75, 3.05) is 25.1 Å². The van der Waals surface area contributed by atoms with Crippen molar-refractivity contribution >= 4 is 16.6 Å². The molecule has 6 heteroatoms. The van der Waals surface area contributed by atoms with Crippen molar-refractivity contribution in [1.29, 1.82) is 5.26 Å². The number of aliphatic hydroxyl groups is 1. The van der Waals surface area contributed by atoms with Crippen LogP contribution in [0.4, 0.5) is 5.69 Å². The zero-order valence-corrected chi connectivity index (χ0v) is 10.8. The zero-order valence-electron chi connectivity index (χ0n) is 10.8. The summed E-state index contributed by atoms with van der Waals surface area (Å²) >= 11 is 0. The Bertz CT molecular complexity index is 674. The molecule has 0 spiro atoms.